The monoisotopic (exact) mass is 247 g/mol. The van der Waals surface area contributed by atoms with Crippen molar-refractivity contribution >= 4 is 11.8 Å². The smallest absolute Gasteiger partial charge is 0.323 e. The fourth-order valence-electron chi connectivity index (χ4n) is 1.52. The Morgan fingerprint density at radius 1 is 1.33 bits per heavy atom. The maximum atomic E-state index is 10.6. The zero-order chi connectivity index (χ0) is 13.1. The molecule has 0 spiro atoms. The first-order chi connectivity index (χ1) is 8.56. The lowest BCUT2D eigenvalue weighted by molar-refractivity contribution is -0.135. The van der Waals surface area contributed by atoms with Gasteiger partial charge in [-0.1, -0.05) is 0 Å². The second-order valence-corrected chi connectivity index (χ2v) is 3.94. The highest BCUT2D eigenvalue weighted by Crippen LogP contribution is 2.20. The first kappa shape index (κ1) is 12.1. The highest BCUT2D eigenvalue weighted by molar-refractivity contribution is 5.73. The molecule has 0 atom stereocenters. The van der Waals surface area contributed by atoms with E-state index in [-0.39, 0.29) is 6.54 Å². The first-order valence-electron chi connectivity index (χ1n) is 5.40. The highest BCUT2D eigenvalue weighted by atomic mass is 16.4. The van der Waals surface area contributed by atoms with Crippen molar-refractivity contribution in [2.45, 2.75) is 6.92 Å². The number of anilines is 1. The van der Waals surface area contributed by atoms with E-state index in [1.54, 1.807) is 19.2 Å². The predicted molar refractivity (Wildman–Crippen MR) is 65.4 cm³/mol. The van der Waals surface area contributed by atoms with Gasteiger partial charge < -0.3 is 14.4 Å². The van der Waals surface area contributed by atoms with E-state index < -0.39 is 5.97 Å². The summed E-state index contributed by atoms with van der Waals surface area (Å²) in [6, 6.07) is 7.13. The fraction of sp³-hybridized carbons (Fsp3) is 0.250. The Hall–Kier alpha value is -2.37. The Bertz CT molecular complexity index is 548. The van der Waals surface area contributed by atoms with Crippen molar-refractivity contribution < 1.29 is 14.3 Å². The van der Waals surface area contributed by atoms with Gasteiger partial charge in [-0.25, -0.2) is 0 Å². The van der Waals surface area contributed by atoms with E-state index in [1.807, 2.05) is 19.1 Å². The summed E-state index contributed by atoms with van der Waals surface area (Å²) >= 11 is 0. The van der Waals surface area contributed by atoms with Gasteiger partial charge in [-0.3, -0.25) is 4.79 Å². The van der Waals surface area contributed by atoms with E-state index in [0.29, 0.717) is 17.3 Å². The lowest BCUT2D eigenvalue weighted by Crippen LogP contribution is -2.26. The summed E-state index contributed by atoms with van der Waals surface area (Å²) in [6.07, 6.45) is 0. The third kappa shape index (κ3) is 2.65. The molecule has 0 aliphatic rings. The number of nitrogens with zero attached hydrogens (tertiary/aromatic N) is 3. The van der Waals surface area contributed by atoms with Crippen LogP contribution in [0.2, 0.25) is 0 Å². The summed E-state index contributed by atoms with van der Waals surface area (Å²) in [6.45, 7) is 1.74. The zero-order valence-corrected chi connectivity index (χ0v) is 10.1. The fourth-order valence-corrected chi connectivity index (χ4v) is 1.52. The van der Waals surface area contributed by atoms with Crippen molar-refractivity contribution in [3.05, 3.63) is 30.0 Å². The number of aryl methyl sites for hydroxylation is 1. The molecule has 18 heavy (non-hydrogen) atoms. The van der Waals surface area contributed by atoms with Crippen LogP contribution in [-0.4, -0.2) is 34.9 Å². The van der Waals surface area contributed by atoms with Crippen LogP contribution in [0.5, 0.6) is 0 Å². The predicted octanol–water partition coefficient (Wildman–Crippen LogP) is 1.57. The van der Waals surface area contributed by atoms with E-state index in [9.17, 15) is 4.79 Å². The number of hydrogen-bond acceptors (Lipinski definition) is 5. The van der Waals surface area contributed by atoms with E-state index >= 15 is 0 Å². The second-order valence-electron chi connectivity index (χ2n) is 3.94. The Balaban J connectivity index is 2.17. The quantitative estimate of drug-likeness (QED) is 0.883. The minimum atomic E-state index is -0.912. The van der Waals surface area contributed by atoms with Gasteiger partial charge in [0.25, 0.3) is 0 Å². The summed E-state index contributed by atoms with van der Waals surface area (Å²) in [5.41, 5.74) is 0.621. The molecule has 0 unspecified atom stereocenters. The third-order valence-electron chi connectivity index (χ3n) is 2.41. The lowest BCUT2D eigenvalue weighted by Gasteiger charge is -2.14. The summed E-state index contributed by atoms with van der Waals surface area (Å²) in [7, 11) is 1.65. The molecule has 0 saturated heterocycles. The average Bonchev–Trinajstić information content (AvgIpc) is 2.75. The zero-order valence-electron chi connectivity index (χ0n) is 10.1. The number of rotatable bonds is 4. The molecule has 2 heterocycles. The van der Waals surface area contributed by atoms with Gasteiger partial charge in [0.2, 0.25) is 0 Å². The van der Waals surface area contributed by atoms with Crippen molar-refractivity contribution in [1.82, 2.24) is 10.2 Å². The number of likely N-dealkylation sites (N-methyl/N-ethyl adjacent to an activating group) is 1. The van der Waals surface area contributed by atoms with Gasteiger partial charge >= 0.3 is 5.97 Å². The minimum Gasteiger partial charge on any atom is -0.480 e. The van der Waals surface area contributed by atoms with Gasteiger partial charge in [0.05, 0.1) is 0 Å². The number of carbonyl (C=O) groups is 1. The number of carboxylic acids is 1. The summed E-state index contributed by atoms with van der Waals surface area (Å²) in [5.74, 6) is 1.04. The molecule has 0 bridgehead atoms. The van der Waals surface area contributed by atoms with Crippen LogP contribution in [0.1, 0.15) is 5.76 Å². The van der Waals surface area contributed by atoms with Crippen LogP contribution in [-0.2, 0) is 4.79 Å². The van der Waals surface area contributed by atoms with Crippen LogP contribution in [0, 0.1) is 6.92 Å². The van der Waals surface area contributed by atoms with E-state index in [1.165, 1.54) is 4.90 Å². The molecule has 0 saturated carbocycles. The molecule has 6 nitrogen and oxygen atoms in total. The maximum absolute atomic E-state index is 10.6. The molecule has 2 rings (SSSR count). The molecule has 1 N–H and O–H groups in total. The van der Waals surface area contributed by atoms with Crippen molar-refractivity contribution in [1.29, 1.82) is 0 Å². The Morgan fingerprint density at radius 3 is 2.61 bits per heavy atom. The van der Waals surface area contributed by atoms with E-state index in [2.05, 4.69) is 10.2 Å². The summed E-state index contributed by atoms with van der Waals surface area (Å²) in [4.78, 5) is 12.1. The van der Waals surface area contributed by atoms with Gasteiger partial charge in [-0.15, -0.1) is 10.2 Å². The van der Waals surface area contributed by atoms with Crippen molar-refractivity contribution in [3.63, 3.8) is 0 Å². The van der Waals surface area contributed by atoms with Crippen LogP contribution in [0.15, 0.2) is 28.7 Å². The SMILES string of the molecule is Cc1ccc(-c2ccc(N(C)CC(=O)O)nn2)o1. The third-order valence-corrected chi connectivity index (χ3v) is 2.41. The largest absolute Gasteiger partial charge is 0.480 e. The van der Waals surface area contributed by atoms with Gasteiger partial charge in [0, 0.05) is 7.05 Å². The molecule has 0 radical (unpaired) electrons. The summed E-state index contributed by atoms with van der Waals surface area (Å²) in [5, 5.41) is 16.7. The lowest BCUT2D eigenvalue weighted by atomic mass is 10.3. The molecule has 6 heteroatoms. The highest BCUT2D eigenvalue weighted by Gasteiger charge is 2.09. The van der Waals surface area contributed by atoms with Crippen LogP contribution < -0.4 is 4.90 Å². The Labute approximate surface area is 104 Å². The van der Waals surface area contributed by atoms with Crippen molar-refractivity contribution in [3.8, 4) is 11.5 Å². The van der Waals surface area contributed by atoms with Crippen LogP contribution in [0.4, 0.5) is 5.82 Å². The number of aliphatic carboxylic acids is 1. The number of carboxylic acid groups (broad SMARTS) is 1. The number of aromatic nitrogens is 2. The van der Waals surface area contributed by atoms with Gasteiger partial charge in [-0.05, 0) is 31.2 Å². The molecular formula is C12H13N3O3. The van der Waals surface area contributed by atoms with Crippen LogP contribution >= 0.6 is 0 Å². The van der Waals surface area contributed by atoms with E-state index in [0.717, 1.165) is 5.76 Å². The topological polar surface area (TPSA) is 79.5 Å². The van der Waals surface area contributed by atoms with Gasteiger partial charge in [-0.2, -0.15) is 0 Å². The number of furan rings is 1. The Kier molecular flexibility index (Phi) is 3.27. The first-order valence-corrected chi connectivity index (χ1v) is 5.40. The van der Waals surface area contributed by atoms with E-state index in [4.69, 9.17) is 9.52 Å². The second kappa shape index (κ2) is 4.87. The molecule has 0 fully saturated rings. The normalized spacial score (nSPS) is 10.3. The van der Waals surface area contributed by atoms with Gasteiger partial charge in [0.1, 0.15) is 18.0 Å². The molecular weight excluding hydrogens is 234 g/mol. The average molecular weight is 247 g/mol. The molecule has 0 aliphatic carbocycles. The molecule has 0 aromatic carbocycles. The maximum Gasteiger partial charge on any atom is 0.323 e. The minimum absolute atomic E-state index is 0.117. The Morgan fingerprint density at radius 2 is 2.11 bits per heavy atom. The van der Waals surface area contributed by atoms with Crippen molar-refractivity contribution in [2.24, 2.45) is 0 Å². The summed E-state index contributed by atoms with van der Waals surface area (Å²) < 4.78 is 5.42. The number of hydrogen-bond donors (Lipinski definition) is 1. The molecule has 0 aliphatic heterocycles. The molecule has 0 amide bonds. The van der Waals surface area contributed by atoms with Crippen LogP contribution in [0.3, 0.4) is 0 Å². The van der Waals surface area contributed by atoms with Crippen molar-refractivity contribution in [2.75, 3.05) is 18.5 Å². The molecule has 94 valence electrons. The standard InChI is InChI=1S/C12H13N3O3/c1-8-3-5-10(18-8)9-4-6-11(14-13-9)15(2)7-12(16)17/h3-6H,7H2,1-2H3,(H,16,17). The van der Waals surface area contributed by atoms with Gasteiger partial charge in [0.15, 0.2) is 11.6 Å². The molecule has 2 aromatic heterocycles. The van der Waals surface area contributed by atoms with Crippen LogP contribution in [0.25, 0.3) is 11.5 Å². The molecule has 2 aromatic rings.